The Morgan fingerprint density at radius 2 is 1.86 bits per heavy atom. The summed E-state index contributed by atoms with van der Waals surface area (Å²) in [6.45, 7) is 1.97. The van der Waals surface area contributed by atoms with Crippen LogP contribution in [-0.2, 0) is 12.6 Å². The minimum Gasteiger partial charge on any atom is -0.166 e. The van der Waals surface area contributed by atoms with Crippen molar-refractivity contribution >= 4 is 27.5 Å². The van der Waals surface area contributed by atoms with E-state index in [4.69, 9.17) is 11.6 Å². The standard InChI is InChI=1S/C16H13BrClF3/c1-10-3-2-4-11(7-10)8-15(18)12-5-6-14(17)13(9-12)16(19,20)21/h2-7,9,15H,8H2,1H3. The van der Waals surface area contributed by atoms with Gasteiger partial charge in [0.2, 0.25) is 0 Å². The van der Waals surface area contributed by atoms with Gasteiger partial charge in [-0.2, -0.15) is 13.2 Å². The molecule has 0 aliphatic heterocycles. The molecular formula is C16H13BrClF3. The highest BCUT2D eigenvalue weighted by atomic mass is 79.9. The van der Waals surface area contributed by atoms with E-state index in [2.05, 4.69) is 15.9 Å². The molecule has 1 atom stereocenters. The molecule has 0 nitrogen and oxygen atoms in total. The van der Waals surface area contributed by atoms with Gasteiger partial charge in [-0.25, -0.2) is 0 Å². The van der Waals surface area contributed by atoms with Crippen LogP contribution in [0.5, 0.6) is 0 Å². The van der Waals surface area contributed by atoms with Crippen molar-refractivity contribution in [3.05, 3.63) is 69.2 Å². The number of halogens is 5. The second-order valence-electron chi connectivity index (χ2n) is 4.90. The zero-order chi connectivity index (χ0) is 15.6. The van der Waals surface area contributed by atoms with Gasteiger partial charge in [-0.3, -0.25) is 0 Å². The molecule has 2 aromatic carbocycles. The average molecular weight is 378 g/mol. The molecule has 2 aromatic rings. The minimum atomic E-state index is -4.39. The quantitative estimate of drug-likeness (QED) is 0.551. The fraction of sp³-hybridized carbons (Fsp3) is 0.250. The van der Waals surface area contributed by atoms with E-state index in [1.807, 2.05) is 31.2 Å². The Morgan fingerprint density at radius 1 is 1.14 bits per heavy atom. The molecule has 0 aliphatic carbocycles. The summed E-state index contributed by atoms with van der Waals surface area (Å²) in [5.41, 5.74) is 1.87. The van der Waals surface area contributed by atoms with Crippen molar-refractivity contribution in [2.45, 2.75) is 24.9 Å². The van der Waals surface area contributed by atoms with E-state index in [1.54, 1.807) is 6.07 Å². The van der Waals surface area contributed by atoms with Crippen LogP contribution in [-0.4, -0.2) is 0 Å². The van der Waals surface area contributed by atoms with Gasteiger partial charge in [0, 0.05) is 4.47 Å². The number of hydrogen-bond acceptors (Lipinski definition) is 0. The van der Waals surface area contributed by atoms with E-state index in [9.17, 15) is 13.2 Å². The lowest BCUT2D eigenvalue weighted by molar-refractivity contribution is -0.138. The van der Waals surface area contributed by atoms with Gasteiger partial charge in [-0.05, 0) is 36.6 Å². The number of rotatable bonds is 3. The molecule has 0 fully saturated rings. The van der Waals surface area contributed by atoms with Crippen LogP contribution in [0.25, 0.3) is 0 Å². The summed E-state index contributed by atoms with van der Waals surface area (Å²) in [6, 6.07) is 11.9. The van der Waals surface area contributed by atoms with Crippen LogP contribution in [0.2, 0.25) is 0 Å². The molecule has 21 heavy (non-hydrogen) atoms. The lowest BCUT2D eigenvalue weighted by Gasteiger charge is -2.15. The van der Waals surface area contributed by atoms with Crippen molar-refractivity contribution in [1.82, 2.24) is 0 Å². The molecule has 0 bridgehead atoms. The maximum absolute atomic E-state index is 12.9. The molecule has 1 unspecified atom stereocenters. The molecular weight excluding hydrogens is 365 g/mol. The highest BCUT2D eigenvalue weighted by Crippen LogP contribution is 2.37. The van der Waals surface area contributed by atoms with Gasteiger partial charge in [0.25, 0.3) is 0 Å². The fourth-order valence-electron chi connectivity index (χ4n) is 2.12. The molecule has 0 amide bonds. The van der Waals surface area contributed by atoms with Crippen LogP contribution in [0.3, 0.4) is 0 Å². The predicted molar refractivity (Wildman–Crippen MR) is 82.6 cm³/mol. The first-order chi connectivity index (χ1) is 9.77. The Bertz CT molecular complexity index is 638. The van der Waals surface area contributed by atoms with Gasteiger partial charge in [0.1, 0.15) is 0 Å². The van der Waals surface area contributed by atoms with Gasteiger partial charge >= 0.3 is 6.18 Å². The Hall–Kier alpha value is -1.00. The van der Waals surface area contributed by atoms with Gasteiger partial charge < -0.3 is 0 Å². The monoisotopic (exact) mass is 376 g/mol. The summed E-state index contributed by atoms with van der Waals surface area (Å²) in [5, 5.41) is -0.499. The Kier molecular flexibility index (Phi) is 4.99. The van der Waals surface area contributed by atoms with E-state index in [-0.39, 0.29) is 4.47 Å². The first-order valence-corrected chi connectivity index (χ1v) is 7.56. The van der Waals surface area contributed by atoms with E-state index in [1.165, 1.54) is 6.07 Å². The van der Waals surface area contributed by atoms with Gasteiger partial charge in [0.05, 0.1) is 10.9 Å². The summed E-state index contributed by atoms with van der Waals surface area (Å²) >= 11 is 9.21. The number of benzene rings is 2. The molecule has 112 valence electrons. The number of alkyl halides is 4. The van der Waals surface area contributed by atoms with Crippen molar-refractivity contribution < 1.29 is 13.2 Å². The molecule has 2 rings (SSSR count). The largest absolute Gasteiger partial charge is 0.417 e. The van der Waals surface area contributed by atoms with Gasteiger partial charge in [-0.15, -0.1) is 11.6 Å². The maximum Gasteiger partial charge on any atom is 0.417 e. The van der Waals surface area contributed by atoms with Crippen LogP contribution < -0.4 is 0 Å². The maximum atomic E-state index is 12.9. The molecule has 0 N–H and O–H groups in total. The Morgan fingerprint density at radius 3 is 2.48 bits per heavy atom. The molecule has 0 spiro atoms. The zero-order valence-corrected chi connectivity index (χ0v) is 13.6. The molecule has 0 heterocycles. The normalized spacial score (nSPS) is 13.2. The second-order valence-corrected chi connectivity index (χ2v) is 6.28. The summed E-state index contributed by atoms with van der Waals surface area (Å²) in [6.07, 6.45) is -3.91. The summed E-state index contributed by atoms with van der Waals surface area (Å²) in [5.74, 6) is 0. The zero-order valence-electron chi connectivity index (χ0n) is 11.2. The highest BCUT2D eigenvalue weighted by Gasteiger charge is 2.33. The SMILES string of the molecule is Cc1cccc(CC(Cl)c2ccc(Br)c(C(F)(F)F)c2)c1. The highest BCUT2D eigenvalue weighted by molar-refractivity contribution is 9.10. The Labute approximate surface area is 135 Å². The second kappa shape index (κ2) is 6.41. The fourth-order valence-corrected chi connectivity index (χ4v) is 2.90. The summed E-state index contributed by atoms with van der Waals surface area (Å²) in [4.78, 5) is 0. The van der Waals surface area contributed by atoms with E-state index in [0.717, 1.165) is 17.2 Å². The van der Waals surface area contributed by atoms with Crippen molar-refractivity contribution in [3.8, 4) is 0 Å². The van der Waals surface area contributed by atoms with Crippen molar-refractivity contribution in [2.24, 2.45) is 0 Å². The van der Waals surface area contributed by atoms with E-state index in [0.29, 0.717) is 12.0 Å². The van der Waals surface area contributed by atoms with Crippen LogP contribution in [0.1, 0.15) is 27.6 Å². The third-order valence-corrected chi connectivity index (χ3v) is 4.25. The number of aryl methyl sites for hydroxylation is 1. The van der Waals surface area contributed by atoms with Gasteiger partial charge in [-0.1, -0.05) is 51.8 Å². The van der Waals surface area contributed by atoms with Crippen molar-refractivity contribution in [1.29, 1.82) is 0 Å². The summed E-state index contributed by atoms with van der Waals surface area (Å²) < 4.78 is 38.7. The van der Waals surface area contributed by atoms with Crippen molar-refractivity contribution in [3.63, 3.8) is 0 Å². The van der Waals surface area contributed by atoms with Crippen LogP contribution in [0.4, 0.5) is 13.2 Å². The van der Waals surface area contributed by atoms with Crippen molar-refractivity contribution in [2.75, 3.05) is 0 Å². The molecule has 0 aromatic heterocycles. The van der Waals surface area contributed by atoms with Gasteiger partial charge in [0.15, 0.2) is 0 Å². The predicted octanol–water partition coefficient (Wildman–Crippen LogP) is 6.30. The molecule has 0 saturated heterocycles. The lowest BCUT2D eigenvalue weighted by atomic mass is 10.0. The molecule has 0 aliphatic rings. The van der Waals surface area contributed by atoms with E-state index >= 15 is 0 Å². The third kappa shape index (κ3) is 4.24. The first kappa shape index (κ1) is 16.4. The van der Waals surface area contributed by atoms with Crippen LogP contribution in [0.15, 0.2) is 46.9 Å². The van der Waals surface area contributed by atoms with E-state index < -0.39 is 17.1 Å². The summed E-state index contributed by atoms with van der Waals surface area (Å²) in [7, 11) is 0. The Balaban J connectivity index is 2.25. The average Bonchev–Trinajstić information content (AvgIpc) is 2.37. The number of hydrogen-bond donors (Lipinski definition) is 0. The first-order valence-electron chi connectivity index (χ1n) is 6.33. The molecule has 0 saturated carbocycles. The smallest absolute Gasteiger partial charge is 0.166 e. The third-order valence-electron chi connectivity index (χ3n) is 3.15. The molecule has 0 radical (unpaired) electrons. The van der Waals surface area contributed by atoms with Crippen LogP contribution >= 0.6 is 27.5 Å². The molecule has 5 heteroatoms. The van der Waals surface area contributed by atoms with Crippen LogP contribution in [0, 0.1) is 6.92 Å². The topological polar surface area (TPSA) is 0 Å². The minimum absolute atomic E-state index is 0.0261. The lowest BCUT2D eigenvalue weighted by Crippen LogP contribution is -2.07.